The van der Waals surface area contributed by atoms with E-state index < -0.39 is 0 Å². The smallest absolute Gasteiger partial charge is 0.247 e. The van der Waals surface area contributed by atoms with E-state index in [4.69, 9.17) is 17.3 Å². The summed E-state index contributed by atoms with van der Waals surface area (Å²) >= 11 is 5.79. The Morgan fingerprint density at radius 3 is 2.93 bits per heavy atom. The van der Waals surface area contributed by atoms with E-state index in [1.54, 1.807) is 15.8 Å². The molecule has 2 N–H and O–H groups in total. The van der Waals surface area contributed by atoms with Crippen LogP contribution < -0.4 is 5.73 Å². The van der Waals surface area contributed by atoms with E-state index >= 15 is 0 Å². The van der Waals surface area contributed by atoms with Crippen LogP contribution >= 0.6 is 11.6 Å². The largest absolute Gasteiger partial charge is 0.381 e. The molecule has 1 atom stereocenters. The van der Waals surface area contributed by atoms with Gasteiger partial charge < -0.3 is 10.6 Å². The van der Waals surface area contributed by atoms with E-state index in [0.29, 0.717) is 5.02 Å². The number of rotatable bonds is 2. The van der Waals surface area contributed by atoms with Gasteiger partial charge in [-0.3, -0.25) is 9.48 Å². The number of aromatic nitrogens is 2. The number of carbonyl (C=O) groups is 1. The Bertz CT molecular complexity index is 370. The van der Waals surface area contributed by atoms with Crippen molar-refractivity contribution in [3.8, 4) is 0 Å². The first kappa shape index (κ1) is 10.3. The van der Waals surface area contributed by atoms with Crippen molar-refractivity contribution < 1.29 is 4.79 Å². The molecule has 1 saturated heterocycles. The molecule has 0 aromatic carbocycles. The highest BCUT2D eigenvalue weighted by molar-refractivity contribution is 6.32. The minimum atomic E-state index is -0.236. The van der Waals surface area contributed by atoms with Crippen molar-refractivity contribution in [1.82, 2.24) is 14.7 Å². The zero-order valence-electron chi connectivity index (χ0n) is 8.48. The molecule has 2 heterocycles. The monoisotopic (exact) mass is 228 g/mol. The maximum Gasteiger partial charge on any atom is 0.247 e. The van der Waals surface area contributed by atoms with Crippen LogP contribution in [0.3, 0.4) is 0 Å². The molecule has 5 nitrogen and oxygen atoms in total. The summed E-state index contributed by atoms with van der Waals surface area (Å²) in [5, 5.41) is 4.43. The fourth-order valence-electron chi connectivity index (χ4n) is 1.82. The third-order valence-corrected chi connectivity index (χ3v) is 2.97. The molecule has 1 amide bonds. The highest BCUT2D eigenvalue weighted by Crippen LogP contribution is 2.25. The van der Waals surface area contributed by atoms with Gasteiger partial charge in [0.25, 0.3) is 0 Å². The number of nitrogen functional groups attached to an aromatic ring is 1. The van der Waals surface area contributed by atoms with Gasteiger partial charge in [-0.25, -0.2) is 0 Å². The molecular weight excluding hydrogens is 216 g/mol. The quantitative estimate of drug-likeness (QED) is 0.819. The van der Waals surface area contributed by atoms with E-state index in [1.807, 2.05) is 6.92 Å². The van der Waals surface area contributed by atoms with Gasteiger partial charge in [0.15, 0.2) is 5.82 Å². The minimum Gasteiger partial charge on any atom is -0.381 e. The van der Waals surface area contributed by atoms with Crippen molar-refractivity contribution in [3.05, 3.63) is 11.2 Å². The molecule has 2 rings (SSSR count). The Morgan fingerprint density at radius 2 is 2.47 bits per heavy atom. The second kappa shape index (κ2) is 3.73. The normalized spacial score (nSPS) is 21.3. The molecule has 1 unspecified atom stereocenters. The van der Waals surface area contributed by atoms with Crippen LogP contribution in [-0.4, -0.2) is 33.7 Å². The second-order valence-electron chi connectivity index (χ2n) is 3.56. The molecule has 0 aliphatic carbocycles. The molecule has 82 valence electrons. The summed E-state index contributed by atoms with van der Waals surface area (Å²) in [5.74, 6) is 0.371. The van der Waals surface area contributed by atoms with E-state index in [0.717, 1.165) is 19.5 Å². The summed E-state index contributed by atoms with van der Waals surface area (Å²) in [6.45, 7) is 3.47. The van der Waals surface area contributed by atoms with E-state index in [9.17, 15) is 4.79 Å². The predicted molar refractivity (Wildman–Crippen MR) is 57.6 cm³/mol. The Morgan fingerprint density at radius 1 is 1.73 bits per heavy atom. The minimum absolute atomic E-state index is 0.0941. The summed E-state index contributed by atoms with van der Waals surface area (Å²) in [7, 11) is 0. The number of nitrogens with two attached hydrogens (primary N) is 1. The lowest BCUT2D eigenvalue weighted by molar-refractivity contribution is -0.130. The first-order valence-electron chi connectivity index (χ1n) is 4.92. The Hall–Kier alpha value is -1.23. The summed E-state index contributed by atoms with van der Waals surface area (Å²) < 4.78 is 1.57. The summed E-state index contributed by atoms with van der Waals surface area (Å²) in [4.78, 5) is 13.6. The SMILES string of the molecule is CCN1CCC(n2cc(Cl)c(N)n2)C1=O. The van der Waals surface area contributed by atoms with Crippen LogP contribution in [0.25, 0.3) is 0 Å². The third kappa shape index (κ3) is 1.67. The van der Waals surface area contributed by atoms with Crippen LogP contribution in [0.5, 0.6) is 0 Å². The van der Waals surface area contributed by atoms with Crippen LogP contribution in [0.2, 0.25) is 5.02 Å². The van der Waals surface area contributed by atoms with E-state index in [1.165, 1.54) is 0 Å². The lowest BCUT2D eigenvalue weighted by Gasteiger charge is -2.13. The van der Waals surface area contributed by atoms with Crippen LogP contribution in [0, 0.1) is 0 Å². The Labute approximate surface area is 92.8 Å². The molecule has 1 aromatic heterocycles. The molecular formula is C9H13ClN4O. The molecule has 15 heavy (non-hydrogen) atoms. The molecule has 1 aromatic rings. The number of likely N-dealkylation sites (N-methyl/N-ethyl adjacent to an activating group) is 1. The van der Waals surface area contributed by atoms with Gasteiger partial charge in [0.1, 0.15) is 11.1 Å². The highest BCUT2D eigenvalue weighted by atomic mass is 35.5. The number of hydrogen-bond donors (Lipinski definition) is 1. The van der Waals surface area contributed by atoms with Gasteiger partial charge in [-0.1, -0.05) is 11.6 Å². The van der Waals surface area contributed by atoms with E-state index in [2.05, 4.69) is 5.10 Å². The molecule has 0 saturated carbocycles. The van der Waals surface area contributed by atoms with Gasteiger partial charge in [-0.05, 0) is 13.3 Å². The van der Waals surface area contributed by atoms with Gasteiger partial charge in [0.05, 0.1) is 0 Å². The average molecular weight is 229 g/mol. The molecule has 0 bridgehead atoms. The third-order valence-electron chi connectivity index (χ3n) is 2.68. The fraction of sp³-hybridized carbons (Fsp3) is 0.556. The predicted octanol–water partition coefficient (Wildman–Crippen LogP) is 0.912. The van der Waals surface area contributed by atoms with Crippen LogP contribution in [0.4, 0.5) is 5.82 Å². The van der Waals surface area contributed by atoms with E-state index in [-0.39, 0.29) is 17.8 Å². The van der Waals surface area contributed by atoms with Crippen molar-refractivity contribution in [1.29, 1.82) is 0 Å². The molecule has 1 aliphatic rings. The van der Waals surface area contributed by atoms with Crippen LogP contribution in [0.15, 0.2) is 6.20 Å². The number of nitrogens with zero attached hydrogens (tertiary/aromatic N) is 3. The standard InChI is InChI=1S/C9H13ClN4O/c1-2-13-4-3-7(9(13)15)14-5-6(10)8(11)12-14/h5,7H,2-4H2,1H3,(H2,11,12). The van der Waals surface area contributed by atoms with Crippen molar-refractivity contribution in [2.24, 2.45) is 0 Å². The maximum atomic E-state index is 11.8. The van der Waals surface area contributed by atoms with Gasteiger partial charge in [-0.2, -0.15) is 5.10 Å². The first-order valence-corrected chi connectivity index (χ1v) is 5.30. The van der Waals surface area contributed by atoms with Gasteiger partial charge >= 0.3 is 0 Å². The second-order valence-corrected chi connectivity index (χ2v) is 3.97. The number of hydrogen-bond acceptors (Lipinski definition) is 3. The first-order chi connectivity index (χ1) is 7.13. The lowest BCUT2D eigenvalue weighted by atomic mass is 10.2. The zero-order chi connectivity index (χ0) is 11.0. The topological polar surface area (TPSA) is 64.2 Å². The van der Waals surface area contributed by atoms with Gasteiger partial charge in [0, 0.05) is 19.3 Å². The zero-order valence-corrected chi connectivity index (χ0v) is 9.24. The molecule has 1 fully saturated rings. The highest BCUT2D eigenvalue weighted by Gasteiger charge is 2.32. The molecule has 6 heteroatoms. The summed E-state index contributed by atoms with van der Waals surface area (Å²) in [6, 6.07) is -0.236. The van der Waals surface area contributed by atoms with Crippen molar-refractivity contribution in [2.75, 3.05) is 18.8 Å². The lowest BCUT2D eigenvalue weighted by Crippen LogP contribution is -2.28. The molecule has 0 radical (unpaired) electrons. The van der Waals surface area contributed by atoms with Crippen LogP contribution in [0.1, 0.15) is 19.4 Å². The number of likely N-dealkylation sites (tertiary alicyclic amines) is 1. The number of carbonyl (C=O) groups excluding carboxylic acids is 1. The van der Waals surface area contributed by atoms with Gasteiger partial charge in [0.2, 0.25) is 5.91 Å². The number of anilines is 1. The number of halogens is 1. The maximum absolute atomic E-state index is 11.8. The van der Waals surface area contributed by atoms with Crippen LogP contribution in [-0.2, 0) is 4.79 Å². The van der Waals surface area contributed by atoms with Gasteiger partial charge in [-0.15, -0.1) is 0 Å². The fourth-order valence-corrected chi connectivity index (χ4v) is 1.96. The molecule has 1 aliphatic heterocycles. The van der Waals surface area contributed by atoms with Crippen molar-refractivity contribution in [2.45, 2.75) is 19.4 Å². The number of amides is 1. The Kier molecular flexibility index (Phi) is 2.56. The average Bonchev–Trinajstić information content (AvgIpc) is 2.71. The van der Waals surface area contributed by atoms with Crippen molar-refractivity contribution >= 4 is 23.3 Å². The summed E-state index contributed by atoms with van der Waals surface area (Å²) in [5.41, 5.74) is 5.53. The molecule has 0 spiro atoms. The Balaban J connectivity index is 2.22. The summed E-state index contributed by atoms with van der Waals surface area (Å²) in [6.07, 6.45) is 2.38. The van der Waals surface area contributed by atoms with Crippen molar-refractivity contribution in [3.63, 3.8) is 0 Å².